The highest BCUT2D eigenvalue weighted by Gasteiger charge is 2.41. The molecule has 3 amide bonds. The van der Waals surface area contributed by atoms with Gasteiger partial charge in [-0.1, -0.05) is 19.1 Å². The summed E-state index contributed by atoms with van der Waals surface area (Å²) in [7, 11) is 0. The van der Waals surface area contributed by atoms with Gasteiger partial charge in [-0.05, 0) is 55.2 Å². The zero-order chi connectivity index (χ0) is 23.8. The quantitative estimate of drug-likeness (QED) is 0.555. The molecular formula is C26H23FN4O3. The van der Waals surface area contributed by atoms with Gasteiger partial charge in [-0.15, -0.1) is 0 Å². The molecule has 5 rings (SSSR count). The molecule has 3 aromatic rings. The first-order valence-electron chi connectivity index (χ1n) is 11.3. The lowest BCUT2D eigenvalue weighted by Gasteiger charge is -2.41. The molecule has 0 spiro atoms. The maximum absolute atomic E-state index is 14.1. The van der Waals surface area contributed by atoms with Gasteiger partial charge in [0.15, 0.2) is 5.82 Å². The number of hydrogen-bond donors (Lipinski definition) is 0. The van der Waals surface area contributed by atoms with Crippen molar-refractivity contribution < 1.29 is 18.8 Å². The highest BCUT2D eigenvalue weighted by atomic mass is 19.1. The van der Waals surface area contributed by atoms with Crippen LogP contribution in [-0.2, 0) is 0 Å². The molecule has 0 bridgehead atoms. The summed E-state index contributed by atoms with van der Waals surface area (Å²) in [5, 5.41) is 0. The predicted molar refractivity (Wildman–Crippen MR) is 122 cm³/mol. The minimum Gasteiger partial charge on any atom is -0.334 e. The van der Waals surface area contributed by atoms with Crippen molar-refractivity contribution in [2.75, 3.05) is 13.1 Å². The normalized spacial score (nSPS) is 19.9. The van der Waals surface area contributed by atoms with Crippen LogP contribution in [0.15, 0.2) is 60.9 Å². The Morgan fingerprint density at radius 2 is 1.68 bits per heavy atom. The standard InChI is InChI=1S/C26H23FN4O3/c1-16-6-4-13-30(22(16)15-31-25(33)18-7-2-3-8-19(18)26(31)34)24(32)20-10-9-17(27)14-21(20)23-28-11-5-12-29-23/h2-3,5,7-12,14,16,22H,4,6,13,15H2,1H3/t16-,22-/m1/s1. The van der Waals surface area contributed by atoms with Crippen LogP contribution in [-0.4, -0.2) is 56.6 Å². The minimum atomic E-state index is -0.492. The molecule has 172 valence electrons. The molecule has 2 aliphatic rings. The Hall–Kier alpha value is -3.94. The SMILES string of the molecule is C[C@@H]1CCCN(C(=O)c2ccc(F)cc2-c2ncccn2)[C@@H]1CN1C(=O)c2ccccc2C1=O. The van der Waals surface area contributed by atoms with Crippen LogP contribution in [0.2, 0.25) is 0 Å². The molecule has 0 unspecified atom stereocenters. The number of halogens is 1. The maximum Gasteiger partial charge on any atom is 0.261 e. The van der Waals surface area contributed by atoms with Gasteiger partial charge in [-0.2, -0.15) is 0 Å². The molecule has 0 N–H and O–H groups in total. The molecule has 2 atom stereocenters. The Morgan fingerprint density at radius 1 is 1.00 bits per heavy atom. The largest absolute Gasteiger partial charge is 0.334 e. The Kier molecular flexibility index (Phi) is 5.65. The van der Waals surface area contributed by atoms with E-state index < -0.39 is 5.82 Å². The van der Waals surface area contributed by atoms with Crippen LogP contribution in [0.5, 0.6) is 0 Å². The summed E-state index contributed by atoms with van der Waals surface area (Å²) in [6.07, 6.45) is 4.74. The van der Waals surface area contributed by atoms with Crippen LogP contribution in [0.3, 0.4) is 0 Å². The fourth-order valence-corrected chi connectivity index (χ4v) is 4.85. The third-order valence-electron chi connectivity index (χ3n) is 6.64. The summed E-state index contributed by atoms with van der Waals surface area (Å²) in [4.78, 5) is 51.0. The number of carbonyl (C=O) groups excluding carboxylic acids is 3. The number of rotatable bonds is 4. The third kappa shape index (κ3) is 3.75. The number of carbonyl (C=O) groups is 3. The Bertz CT molecular complexity index is 1250. The summed E-state index contributed by atoms with van der Waals surface area (Å²) < 4.78 is 14.1. The van der Waals surface area contributed by atoms with Gasteiger partial charge in [0.05, 0.1) is 29.3 Å². The van der Waals surface area contributed by atoms with E-state index in [0.29, 0.717) is 23.2 Å². The highest BCUT2D eigenvalue weighted by molar-refractivity contribution is 6.21. The average Bonchev–Trinajstić information content (AvgIpc) is 3.10. The van der Waals surface area contributed by atoms with Gasteiger partial charge in [0.25, 0.3) is 17.7 Å². The fraction of sp³-hybridized carbons (Fsp3) is 0.269. The van der Waals surface area contributed by atoms with Gasteiger partial charge in [0.1, 0.15) is 5.82 Å². The number of imide groups is 1. The number of piperidine rings is 1. The zero-order valence-electron chi connectivity index (χ0n) is 18.6. The number of likely N-dealkylation sites (tertiary alicyclic amines) is 1. The molecule has 0 aliphatic carbocycles. The van der Waals surface area contributed by atoms with E-state index in [1.54, 1.807) is 35.2 Å². The monoisotopic (exact) mass is 458 g/mol. The number of fused-ring (bicyclic) bond motifs is 1. The summed E-state index contributed by atoms with van der Waals surface area (Å²) in [5.74, 6) is -1.15. The number of aromatic nitrogens is 2. The van der Waals surface area contributed by atoms with Crippen molar-refractivity contribution in [3.05, 3.63) is 83.4 Å². The van der Waals surface area contributed by atoms with Gasteiger partial charge < -0.3 is 4.90 Å². The molecule has 0 saturated carbocycles. The number of amides is 3. The molecule has 2 aliphatic heterocycles. The maximum atomic E-state index is 14.1. The lowest BCUT2D eigenvalue weighted by Crippen LogP contribution is -2.54. The first-order chi connectivity index (χ1) is 16.5. The van der Waals surface area contributed by atoms with Crippen LogP contribution < -0.4 is 0 Å². The second kappa shape index (κ2) is 8.78. The molecule has 34 heavy (non-hydrogen) atoms. The summed E-state index contributed by atoms with van der Waals surface area (Å²) >= 11 is 0. The molecule has 1 saturated heterocycles. The van der Waals surface area contributed by atoms with E-state index in [-0.39, 0.29) is 47.6 Å². The van der Waals surface area contributed by atoms with Crippen molar-refractivity contribution in [1.82, 2.24) is 19.8 Å². The van der Waals surface area contributed by atoms with E-state index in [2.05, 4.69) is 9.97 Å². The molecule has 0 radical (unpaired) electrons. The van der Waals surface area contributed by atoms with Gasteiger partial charge >= 0.3 is 0 Å². The molecular weight excluding hydrogens is 435 g/mol. The van der Waals surface area contributed by atoms with Crippen molar-refractivity contribution in [2.24, 2.45) is 5.92 Å². The first kappa shape index (κ1) is 21.9. The van der Waals surface area contributed by atoms with E-state index in [1.165, 1.54) is 35.5 Å². The topological polar surface area (TPSA) is 83.5 Å². The van der Waals surface area contributed by atoms with Crippen LogP contribution in [0.1, 0.15) is 50.8 Å². The molecule has 1 aromatic heterocycles. The van der Waals surface area contributed by atoms with E-state index in [9.17, 15) is 18.8 Å². The first-order valence-corrected chi connectivity index (χ1v) is 11.3. The van der Waals surface area contributed by atoms with E-state index in [4.69, 9.17) is 0 Å². The van der Waals surface area contributed by atoms with E-state index in [1.807, 2.05) is 6.92 Å². The minimum absolute atomic E-state index is 0.0684. The van der Waals surface area contributed by atoms with Gasteiger partial charge in [-0.3, -0.25) is 19.3 Å². The molecule has 8 heteroatoms. The smallest absolute Gasteiger partial charge is 0.261 e. The summed E-state index contributed by atoms with van der Waals surface area (Å²) in [6, 6.07) is 12.0. The van der Waals surface area contributed by atoms with Crippen molar-refractivity contribution in [3.8, 4) is 11.4 Å². The third-order valence-corrected chi connectivity index (χ3v) is 6.64. The Balaban J connectivity index is 1.47. The number of benzene rings is 2. The number of nitrogens with zero attached hydrogens (tertiary/aromatic N) is 4. The fourth-order valence-electron chi connectivity index (χ4n) is 4.85. The second-order valence-electron chi connectivity index (χ2n) is 8.71. The number of hydrogen-bond acceptors (Lipinski definition) is 5. The zero-order valence-corrected chi connectivity index (χ0v) is 18.6. The molecule has 7 nitrogen and oxygen atoms in total. The average molecular weight is 458 g/mol. The van der Waals surface area contributed by atoms with Gasteiger partial charge in [0, 0.05) is 24.5 Å². The van der Waals surface area contributed by atoms with Crippen molar-refractivity contribution in [1.29, 1.82) is 0 Å². The van der Waals surface area contributed by atoms with Gasteiger partial charge in [-0.25, -0.2) is 14.4 Å². The van der Waals surface area contributed by atoms with Crippen molar-refractivity contribution in [3.63, 3.8) is 0 Å². The Labute approximate surface area is 196 Å². The lowest BCUT2D eigenvalue weighted by atomic mass is 9.89. The van der Waals surface area contributed by atoms with E-state index in [0.717, 1.165) is 12.8 Å². The van der Waals surface area contributed by atoms with Crippen LogP contribution in [0, 0.1) is 11.7 Å². The molecule has 2 aromatic carbocycles. The van der Waals surface area contributed by atoms with Crippen molar-refractivity contribution >= 4 is 17.7 Å². The second-order valence-corrected chi connectivity index (χ2v) is 8.71. The lowest BCUT2D eigenvalue weighted by molar-refractivity contribution is 0.0369. The van der Waals surface area contributed by atoms with E-state index >= 15 is 0 Å². The summed E-state index contributed by atoms with van der Waals surface area (Å²) in [5.41, 5.74) is 1.36. The molecule has 3 heterocycles. The highest BCUT2D eigenvalue weighted by Crippen LogP contribution is 2.31. The van der Waals surface area contributed by atoms with Crippen molar-refractivity contribution in [2.45, 2.75) is 25.8 Å². The molecule has 1 fully saturated rings. The van der Waals surface area contributed by atoms with Crippen LogP contribution in [0.25, 0.3) is 11.4 Å². The summed E-state index contributed by atoms with van der Waals surface area (Å²) in [6.45, 7) is 2.61. The van der Waals surface area contributed by atoms with Gasteiger partial charge in [0.2, 0.25) is 0 Å². The Morgan fingerprint density at radius 3 is 2.35 bits per heavy atom. The van der Waals surface area contributed by atoms with Crippen LogP contribution in [0.4, 0.5) is 4.39 Å². The van der Waals surface area contributed by atoms with Crippen LogP contribution >= 0.6 is 0 Å². The predicted octanol–water partition coefficient (Wildman–Crippen LogP) is 3.82.